The van der Waals surface area contributed by atoms with Crippen LogP contribution in [0.5, 0.6) is 0 Å². The third kappa shape index (κ3) is 7.28. The van der Waals surface area contributed by atoms with Gasteiger partial charge in [-0.25, -0.2) is 13.1 Å². The third-order valence-electron chi connectivity index (χ3n) is 2.70. The van der Waals surface area contributed by atoms with Crippen LogP contribution in [-0.2, 0) is 10.0 Å². The molecule has 2 N–H and O–H groups in total. The summed E-state index contributed by atoms with van der Waals surface area (Å²) >= 11 is 1.84. The van der Waals surface area contributed by atoms with Crippen LogP contribution in [0.4, 0.5) is 0 Å². The van der Waals surface area contributed by atoms with Crippen molar-refractivity contribution in [2.75, 3.05) is 30.3 Å². The summed E-state index contributed by atoms with van der Waals surface area (Å²) in [6.45, 7) is 3.85. The summed E-state index contributed by atoms with van der Waals surface area (Å²) in [6.07, 6.45) is 3.88. The van der Waals surface area contributed by atoms with Crippen molar-refractivity contribution in [2.24, 2.45) is 0 Å². The molecule has 102 valence electrons. The maximum Gasteiger partial charge on any atom is 0.211 e. The zero-order valence-corrected chi connectivity index (χ0v) is 12.2. The smallest absolute Gasteiger partial charge is 0.211 e. The Hall–Kier alpha value is 0.220. The summed E-state index contributed by atoms with van der Waals surface area (Å²) in [5, 5.41) is 3.21. The van der Waals surface area contributed by atoms with Crippen LogP contribution in [0, 0.1) is 0 Å². The highest BCUT2D eigenvalue weighted by Crippen LogP contribution is 2.17. The van der Waals surface area contributed by atoms with Gasteiger partial charge in [-0.2, -0.15) is 11.8 Å². The molecule has 0 saturated carbocycles. The summed E-state index contributed by atoms with van der Waals surface area (Å²) in [7, 11) is -3.07. The van der Waals surface area contributed by atoms with E-state index >= 15 is 0 Å². The fraction of sp³-hybridized carbons (Fsp3) is 1.00. The molecule has 17 heavy (non-hydrogen) atoms. The van der Waals surface area contributed by atoms with Gasteiger partial charge >= 0.3 is 0 Å². The highest BCUT2D eigenvalue weighted by atomic mass is 32.2. The molecule has 1 aliphatic heterocycles. The second kappa shape index (κ2) is 8.34. The summed E-state index contributed by atoms with van der Waals surface area (Å²) in [4.78, 5) is 0. The van der Waals surface area contributed by atoms with Crippen molar-refractivity contribution in [1.29, 1.82) is 0 Å². The summed E-state index contributed by atoms with van der Waals surface area (Å²) in [5.74, 6) is 2.33. The van der Waals surface area contributed by atoms with Gasteiger partial charge in [0.05, 0.1) is 5.75 Å². The molecule has 1 saturated heterocycles. The van der Waals surface area contributed by atoms with E-state index in [1.165, 1.54) is 5.75 Å². The van der Waals surface area contributed by atoms with Crippen LogP contribution in [0.15, 0.2) is 0 Å². The Kier molecular flexibility index (Phi) is 7.50. The van der Waals surface area contributed by atoms with Crippen LogP contribution < -0.4 is 10.0 Å². The van der Waals surface area contributed by atoms with Gasteiger partial charge in [-0.1, -0.05) is 6.92 Å². The molecule has 0 radical (unpaired) electrons. The monoisotopic (exact) mass is 280 g/mol. The minimum absolute atomic E-state index is 0.155. The second-order valence-electron chi connectivity index (χ2n) is 4.45. The number of hydrogen-bond acceptors (Lipinski definition) is 4. The van der Waals surface area contributed by atoms with Crippen LogP contribution in [-0.4, -0.2) is 44.8 Å². The van der Waals surface area contributed by atoms with E-state index < -0.39 is 10.0 Å². The van der Waals surface area contributed by atoms with Gasteiger partial charge in [-0.05, 0) is 44.5 Å². The van der Waals surface area contributed by atoms with Crippen LogP contribution in [0.1, 0.15) is 32.6 Å². The molecular weight excluding hydrogens is 256 g/mol. The van der Waals surface area contributed by atoms with Gasteiger partial charge in [0.1, 0.15) is 0 Å². The molecule has 1 unspecified atom stereocenters. The zero-order chi connectivity index (χ0) is 12.6. The van der Waals surface area contributed by atoms with Gasteiger partial charge in [0, 0.05) is 11.8 Å². The van der Waals surface area contributed by atoms with E-state index in [0.717, 1.165) is 38.1 Å². The molecule has 0 aromatic carbocycles. The van der Waals surface area contributed by atoms with Crippen molar-refractivity contribution < 1.29 is 8.42 Å². The molecule has 0 bridgehead atoms. The Bertz CT molecular complexity index is 288. The molecule has 1 atom stereocenters. The fourth-order valence-corrected chi connectivity index (χ4v) is 4.36. The van der Waals surface area contributed by atoms with Gasteiger partial charge in [0.15, 0.2) is 0 Å². The van der Waals surface area contributed by atoms with E-state index in [4.69, 9.17) is 0 Å². The van der Waals surface area contributed by atoms with E-state index in [1.807, 2.05) is 11.8 Å². The summed E-state index contributed by atoms with van der Waals surface area (Å²) in [5.41, 5.74) is 0. The molecule has 0 aromatic rings. The van der Waals surface area contributed by atoms with E-state index in [0.29, 0.717) is 6.42 Å². The highest BCUT2D eigenvalue weighted by molar-refractivity contribution is 7.99. The predicted molar refractivity (Wildman–Crippen MR) is 75.0 cm³/mol. The lowest BCUT2D eigenvalue weighted by Crippen LogP contribution is -2.40. The minimum atomic E-state index is -3.07. The van der Waals surface area contributed by atoms with Crippen LogP contribution >= 0.6 is 11.8 Å². The number of hydrogen-bond donors (Lipinski definition) is 2. The van der Waals surface area contributed by atoms with Crippen molar-refractivity contribution in [3.05, 3.63) is 0 Å². The van der Waals surface area contributed by atoms with Crippen molar-refractivity contribution in [3.63, 3.8) is 0 Å². The zero-order valence-electron chi connectivity index (χ0n) is 10.6. The van der Waals surface area contributed by atoms with Crippen LogP contribution in [0.3, 0.4) is 0 Å². The first-order chi connectivity index (χ1) is 8.14. The average Bonchev–Trinajstić information content (AvgIpc) is 2.29. The Balaban J connectivity index is 2.16. The first-order valence-electron chi connectivity index (χ1n) is 6.42. The highest BCUT2D eigenvalue weighted by Gasteiger charge is 2.19. The quantitative estimate of drug-likeness (QED) is 0.656. The third-order valence-corrected chi connectivity index (χ3v) is 5.43. The van der Waals surface area contributed by atoms with Crippen molar-refractivity contribution in [1.82, 2.24) is 10.0 Å². The summed E-state index contributed by atoms with van der Waals surface area (Å²) in [6, 6.07) is 0.155. The lowest BCUT2D eigenvalue weighted by molar-refractivity contribution is 0.539. The predicted octanol–water partition coefficient (Wildman–Crippen LogP) is 1.19. The molecular formula is C11H24N2O2S2. The Morgan fingerprint density at radius 1 is 1.35 bits per heavy atom. The fourth-order valence-electron chi connectivity index (χ4n) is 1.84. The molecule has 6 heteroatoms. The molecule has 0 amide bonds. The molecule has 0 spiro atoms. The normalized spacial score (nSPS) is 21.6. The number of nitrogens with one attached hydrogen (secondary N) is 2. The van der Waals surface area contributed by atoms with E-state index in [1.54, 1.807) is 0 Å². The lowest BCUT2D eigenvalue weighted by Gasteiger charge is -2.22. The Labute approximate surface area is 109 Å². The molecule has 1 fully saturated rings. The average molecular weight is 280 g/mol. The van der Waals surface area contributed by atoms with Gasteiger partial charge in [0.2, 0.25) is 10.0 Å². The van der Waals surface area contributed by atoms with Crippen LogP contribution in [0.2, 0.25) is 0 Å². The largest absolute Gasteiger partial charge is 0.317 e. The lowest BCUT2D eigenvalue weighted by atomic mass is 10.2. The molecule has 0 aromatic heterocycles. The minimum Gasteiger partial charge on any atom is -0.317 e. The molecule has 0 aliphatic carbocycles. The van der Waals surface area contributed by atoms with Crippen molar-refractivity contribution in [2.45, 2.75) is 38.6 Å². The Morgan fingerprint density at radius 2 is 2.18 bits per heavy atom. The first-order valence-corrected chi connectivity index (χ1v) is 9.23. The van der Waals surface area contributed by atoms with E-state index in [9.17, 15) is 8.42 Å². The Morgan fingerprint density at radius 3 is 2.82 bits per heavy atom. The molecule has 4 nitrogen and oxygen atoms in total. The maximum atomic E-state index is 11.8. The van der Waals surface area contributed by atoms with Gasteiger partial charge in [0.25, 0.3) is 0 Å². The SMILES string of the molecule is CCCNCCCS(=O)(=O)NC1CCCSC1. The van der Waals surface area contributed by atoms with E-state index in [2.05, 4.69) is 17.0 Å². The van der Waals surface area contributed by atoms with Crippen LogP contribution in [0.25, 0.3) is 0 Å². The maximum absolute atomic E-state index is 11.8. The first kappa shape index (κ1) is 15.3. The molecule has 1 heterocycles. The second-order valence-corrected chi connectivity index (χ2v) is 7.48. The number of thioether (sulfide) groups is 1. The number of sulfonamides is 1. The standard InChI is InChI=1S/C11H24N2O2S2/c1-2-6-12-7-4-9-17(14,15)13-11-5-3-8-16-10-11/h11-13H,2-10H2,1H3. The number of rotatable bonds is 8. The van der Waals surface area contributed by atoms with Gasteiger partial charge in [-0.3, -0.25) is 0 Å². The summed E-state index contributed by atoms with van der Waals surface area (Å²) < 4.78 is 26.4. The molecule has 1 rings (SSSR count). The van der Waals surface area contributed by atoms with Crippen molar-refractivity contribution in [3.8, 4) is 0 Å². The van der Waals surface area contributed by atoms with Crippen molar-refractivity contribution >= 4 is 21.8 Å². The van der Waals surface area contributed by atoms with E-state index in [-0.39, 0.29) is 11.8 Å². The topological polar surface area (TPSA) is 58.2 Å². The molecule has 1 aliphatic rings. The van der Waals surface area contributed by atoms with Gasteiger partial charge in [-0.15, -0.1) is 0 Å². The van der Waals surface area contributed by atoms with Gasteiger partial charge < -0.3 is 5.32 Å².